The van der Waals surface area contributed by atoms with Crippen LogP contribution < -0.4 is 10.1 Å². The molecule has 6 nitrogen and oxygen atoms in total. The zero-order valence-electron chi connectivity index (χ0n) is 20.1. The van der Waals surface area contributed by atoms with Crippen molar-refractivity contribution < 1.29 is 23.7 Å². The Morgan fingerprint density at radius 1 is 1.06 bits per heavy atom. The van der Waals surface area contributed by atoms with Gasteiger partial charge >= 0.3 is 0 Å². The van der Waals surface area contributed by atoms with E-state index in [2.05, 4.69) is 37.4 Å². The molecule has 2 rings (SSSR count). The minimum atomic E-state index is -0.221. The van der Waals surface area contributed by atoms with Gasteiger partial charge in [-0.1, -0.05) is 36.8 Å². The van der Waals surface area contributed by atoms with Crippen molar-refractivity contribution in [2.24, 2.45) is 5.92 Å². The van der Waals surface area contributed by atoms with Crippen molar-refractivity contribution in [1.29, 1.82) is 0 Å². The smallest absolute Gasteiger partial charge is 0.250 e. The number of amides is 1. The molecule has 1 heterocycles. The van der Waals surface area contributed by atoms with Crippen LogP contribution in [0.2, 0.25) is 0 Å². The minimum absolute atomic E-state index is 0.126. The summed E-state index contributed by atoms with van der Waals surface area (Å²) in [7, 11) is 4.98. The van der Waals surface area contributed by atoms with Crippen molar-refractivity contribution in [3.8, 4) is 5.75 Å². The Morgan fingerprint density at radius 2 is 1.84 bits per heavy atom. The molecule has 2 bridgehead atoms. The van der Waals surface area contributed by atoms with Gasteiger partial charge in [-0.3, -0.25) is 4.79 Å². The number of rotatable bonds is 3. The number of allylic oxidation sites excluding steroid dienone is 4. The quantitative estimate of drug-likeness (QED) is 0.707. The van der Waals surface area contributed by atoms with Gasteiger partial charge in [0.25, 0.3) is 5.91 Å². The van der Waals surface area contributed by atoms with E-state index in [4.69, 9.17) is 18.9 Å². The summed E-state index contributed by atoms with van der Waals surface area (Å²) >= 11 is 0. The number of nitrogens with one attached hydrogen (secondary N) is 1. The van der Waals surface area contributed by atoms with Crippen molar-refractivity contribution in [3.63, 3.8) is 0 Å². The summed E-state index contributed by atoms with van der Waals surface area (Å²) in [5, 5.41) is 2.95. The van der Waals surface area contributed by atoms with Gasteiger partial charge in [-0.25, -0.2) is 0 Å². The van der Waals surface area contributed by atoms with Crippen LogP contribution in [-0.2, 0) is 25.6 Å². The first-order valence-electron chi connectivity index (χ1n) is 11.0. The molecule has 0 aliphatic carbocycles. The van der Waals surface area contributed by atoms with Gasteiger partial charge in [-0.15, -0.1) is 0 Å². The van der Waals surface area contributed by atoms with Gasteiger partial charge in [-0.2, -0.15) is 0 Å². The van der Waals surface area contributed by atoms with Crippen LogP contribution in [0.1, 0.15) is 39.2 Å². The van der Waals surface area contributed by atoms with Crippen LogP contribution in [0, 0.1) is 5.92 Å². The Balaban J connectivity index is 2.32. The maximum absolute atomic E-state index is 12.6. The van der Waals surface area contributed by atoms with Crippen LogP contribution in [0.4, 0.5) is 5.69 Å². The number of methoxy groups -OCH3 is 3. The highest BCUT2D eigenvalue weighted by molar-refractivity contribution is 6.03. The van der Waals surface area contributed by atoms with Crippen LogP contribution in [0.3, 0.4) is 0 Å². The van der Waals surface area contributed by atoms with Crippen LogP contribution in [0.5, 0.6) is 5.75 Å². The van der Waals surface area contributed by atoms with Crippen molar-refractivity contribution in [1.82, 2.24) is 0 Å². The van der Waals surface area contributed by atoms with Gasteiger partial charge in [-0.05, 0) is 44.4 Å². The molecule has 0 saturated carbocycles. The van der Waals surface area contributed by atoms with Crippen molar-refractivity contribution in [2.45, 2.75) is 52.4 Å². The highest BCUT2D eigenvalue weighted by Gasteiger charge is 2.26. The summed E-state index contributed by atoms with van der Waals surface area (Å²) in [6, 6.07) is 5.60. The van der Waals surface area contributed by atoms with E-state index in [0.29, 0.717) is 30.2 Å². The van der Waals surface area contributed by atoms with Crippen LogP contribution in [0.15, 0.2) is 53.6 Å². The molecule has 32 heavy (non-hydrogen) atoms. The molecule has 176 valence electrons. The molecule has 1 aliphatic rings. The number of fused-ring (bicyclic) bond motifs is 2. The van der Waals surface area contributed by atoms with E-state index in [1.54, 1.807) is 27.4 Å². The number of carbonyl (C=O) groups is 1. The molecule has 0 saturated heterocycles. The standard InChI is InChI=1S/C26H37NO5/c1-18-10-8-7-9-11-19(2)26(28)27-22-13-21(14-23(15-22)29-4)16-32-17-24(30-5)25(31-6)20(3)12-18/h8,10-15,20,24-25H,7,9,16-17H2,1-6H3,(H,27,28)/b10-8+,18-12+,19-11-. The van der Waals surface area contributed by atoms with Crippen LogP contribution in [0.25, 0.3) is 0 Å². The van der Waals surface area contributed by atoms with Gasteiger partial charge in [0.2, 0.25) is 0 Å². The summed E-state index contributed by atoms with van der Waals surface area (Å²) in [6.07, 6.45) is 9.67. The summed E-state index contributed by atoms with van der Waals surface area (Å²) < 4.78 is 22.8. The predicted molar refractivity (Wildman–Crippen MR) is 128 cm³/mol. The monoisotopic (exact) mass is 443 g/mol. The third-order valence-corrected chi connectivity index (χ3v) is 5.52. The van der Waals surface area contributed by atoms with E-state index in [-0.39, 0.29) is 24.0 Å². The minimum Gasteiger partial charge on any atom is -0.497 e. The first-order valence-corrected chi connectivity index (χ1v) is 11.0. The van der Waals surface area contributed by atoms with Crippen LogP contribution >= 0.6 is 0 Å². The van der Waals surface area contributed by atoms with Crippen LogP contribution in [-0.4, -0.2) is 46.1 Å². The maximum Gasteiger partial charge on any atom is 0.250 e. The van der Waals surface area contributed by atoms with E-state index in [0.717, 1.165) is 24.0 Å². The third-order valence-electron chi connectivity index (χ3n) is 5.52. The molecule has 1 aromatic rings. The van der Waals surface area contributed by atoms with Gasteiger partial charge in [0.15, 0.2) is 0 Å². The summed E-state index contributed by atoms with van der Waals surface area (Å²) in [5.74, 6) is 0.679. The molecule has 0 radical (unpaired) electrons. The van der Waals surface area contributed by atoms with Gasteiger partial charge in [0.05, 0.1) is 26.4 Å². The average Bonchev–Trinajstić information content (AvgIpc) is 2.77. The molecule has 0 fully saturated rings. The van der Waals surface area contributed by atoms with Crippen molar-refractivity contribution in [3.05, 3.63) is 59.2 Å². The van der Waals surface area contributed by atoms with E-state index < -0.39 is 0 Å². The molecule has 0 aromatic heterocycles. The number of benzene rings is 1. The molecule has 3 atom stereocenters. The van der Waals surface area contributed by atoms with Gasteiger partial charge < -0.3 is 24.3 Å². The lowest BCUT2D eigenvalue weighted by Crippen LogP contribution is -2.38. The zero-order chi connectivity index (χ0) is 23.5. The predicted octanol–water partition coefficient (Wildman–Crippen LogP) is 5.06. The molecule has 3 unspecified atom stereocenters. The number of hydrogen-bond acceptors (Lipinski definition) is 5. The number of carbonyl (C=O) groups excluding carboxylic acids is 1. The van der Waals surface area contributed by atoms with Gasteiger partial charge in [0, 0.05) is 37.5 Å². The summed E-state index contributed by atoms with van der Waals surface area (Å²) in [6.45, 7) is 6.77. The normalized spacial score (nSPS) is 28.1. The fourth-order valence-corrected chi connectivity index (χ4v) is 3.78. The molecular weight excluding hydrogens is 406 g/mol. The molecule has 1 amide bonds. The Morgan fingerprint density at radius 3 is 2.53 bits per heavy atom. The molecule has 1 aliphatic heterocycles. The SMILES string of the molecule is COc1cc2cc(c1)NC(=O)/C(C)=C\CC/C=C/C(C)=C/C(C)C(OC)C(OC)COC2. The fraction of sp³-hybridized carbons (Fsp3) is 0.500. The molecule has 6 heteroatoms. The second kappa shape index (κ2) is 13.2. The van der Waals surface area contributed by atoms with Crippen molar-refractivity contribution in [2.75, 3.05) is 33.3 Å². The highest BCUT2D eigenvalue weighted by Crippen LogP contribution is 2.23. The van der Waals surface area contributed by atoms with E-state index >= 15 is 0 Å². The highest BCUT2D eigenvalue weighted by atomic mass is 16.6. The lowest BCUT2D eigenvalue weighted by molar-refractivity contribution is -0.112. The topological polar surface area (TPSA) is 66.0 Å². The zero-order valence-corrected chi connectivity index (χ0v) is 20.1. The molecule has 1 aromatic carbocycles. The Hall–Kier alpha value is -2.41. The largest absolute Gasteiger partial charge is 0.497 e. The lowest BCUT2D eigenvalue weighted by Gasteiger charge is -2.28. The Labute approximate surface area is 192 Å². The molecule has 1 N–H and O–H groups in total. The Kier molecular flexibility index (Phi) is 10.7. The lowest BCUT2D eigenvalue weighted by atomic mass is 9.97. The number of ether oxygens (including phenoxy) is 4. The third kappa shape index (κ3) is 7.93. The summed E-state index contributed by atoms with van der Waals surface area (Å²) in [4.78, 5) is 12.6. The van der Waals surface area contributed by atoms with Crippen molar-refractivity contribution >= 4 is 11.6 Å². The van der Waals surface area contributed by atoms with E-state index in [1.807, 2.05) is 25.1 Å². The van der Waals surface area contributed by atoms with E-state index in [1.165, 1.54) is 0 Å². The first-order chi connectivity index (χ1) is 15.4. The summed E-state index contributed by atoms with van der Waals surface area (Å²) in [5.41, 5.74) is 3.42. The second-order valence-electron chi connectivity index (χ2n) is 8.15. The Bertz CT molecular complexity index is 843. The fourth-order valence-electron chi connectivity index (χ4n) is 3.78. The average molecular weight is 444 g/mol. The molecule has 0 spiro atoms. The number of anilines is 1. The molecular formula is C26H37NO5. The van der Waals surface area contributed by atoms with E-state index in [9.17, 15) is 4.79 Å². The first kappa shape index (κ1) is 25.8. The number of hydrogen-bond donors (Lipinski definition) is 1. The van der Waals surface area contributed by atoms with Gasteiger partial charge in [0.1, 0.15) is 11.9 Å². The maximum atomic E-state index is 12.6. The second-order valence-corrected chi connectivity index (χ2v) is 8.15.